The molecule has 0 saturated heterocycles. The molecule has 32 heavy (non-hydrogen) atoms. The van der Waals surface area contributed by atoms with Crippen LogP contribution in [0.3, 0.4) is 0 Å². The van der Waals surface area contributed by atoms with Gasteiger partial charge in [-0.15, -0.1) is 0 Å². The molecule has 0 aliphatic carbocycles. The zero-order valence-corrected chi connectivity index (χ0v) is 17.9. The van der Waals surface area contributed by atoms with Gasteiger partial charge in [-0.3, -0.25) is 14.4 Å². The summed E-state index contributed by atoms with van der Waals surface area (Å²) in [5.74, 6) is -0.0990. The summed E-state index contributed by atoms with van der Waals surface area (Å²) in [7, 11) is 0. The number of Topliss-reactive ketones (excluding diaryl/α,β-unsaturated/α-hetero) is 1. The Balaban J connectivity index is 1.62. The van der Waals surface area contributed by atoms with Crippen molar-refractivity contribution in [2.45, 2.75) is 45.6 Å². The largest absolute Gasteiger partial charge is 0.452 e. The minimum Gasteiger partial charge on any atom is -0.452 e. The van der Waals surface area contributed by atoms with Crippen LogP contribution in [0, 0.1) is 0 Å². The van der Waals surface area contributed by atoms with Crippen molar-refractivity contribution in [3.63, 3.8) is 0 Å². The van der Waals surface area contributed by atoms with E-state index in [0.717, 1.165) is 29.3 Å². The summed E-state index contributed by atoms with van der Waals surface area (Å²) < 4.78 is 13.3. The van der Waals surface area contributed by atoms with E-state index in [4.69, 9.17) is 9.47 Å². The number of esters is 1. The minimum absolute atomic E-state index is 0.0194. The SMILES string of the molecule is CC(C)=C1Oc2c(ccc3c2[C@@H](c2cc4cccc5c4n(c2=O)CCC5)CC(=O)O3)C1=O. The van der Waals surface area contributed by atoms with E-state index in [2.05, 4.69) is 6.07 Å². The van der Waals surface area contributed by atoms with Gasteiger partial charge in [-0.25, -0.2) is 0 Å². The van der Waals surface area contributed by atoms with E-state index in [1.165, 1.54) is 5.56 Å². The summed E-state index contributed by atoms with van der Waals surface area (Å²) in [5.41, 5.74) is 4.39. The van der Waals surface area contributed by atoms with Crippen LogP contribution in [-0.4, -0.2) is 16.3 Å². The zero-order chi connectivity index (χ0) is 22.1. The van der Waals surface area contributed by atoms with Crippen LogP contribution in [0.25, 0.3) is 10.9 Å². The Bertz CT molecular complexity index is 1460. The van der Waals surface area contributed by atoms with Crippen molar-refractivity contribution in [1.82, 2.24) is 4.57 Å². The standard InChI is InChI=1S/C26H21NO5/c1-13(2)24-23(29)16-8-9-19-21(25(16)32-24)17(12-20(28)31-19)18-11-15-6-3-5-14-7-4-10-27(22(14)15)26(18)30/h3,5-6,8-9,11,17H,4,7,10,12H2,1-2H3/t17-/m1/s1. The fraction of sp³-hybridized carbons (Fsp3) is 0.269. The van der Waals surface area contributed by atoms with Crippen molar-refractivity contribution in [2.75, 3.05) is 0 Å². The van der Waals surface area contributed by atoms with Gasteiger partial charge in [0, 0.05) is 23.6 Å². The van der Waals surface area contributed by atoms with Crippen LogP contribution in [0.4, 0.5) is 0 Å². The Hall–Kier alpha value is -3.67. The number of hydrogen-bond donors (Lipinski definition) is 0. The molecule has 0 N–H and O–H groups in total. The molecule has 0 bridgehead atoms. The molecule has 160 valence electrons. The number of allylic oxidation sites excluding steroid dienone is 2. The topological polar surface area (TPSA) is 74.6 Å². The third-order valence-corrected chi connectivity index (χ3v) is 6.64. The molecule has 6 heteroatoms. The van der Waals surface area contributed by atoms with E-state index < -0.39 is 11.9 Å². The van der Waals surface area contributed by atoms with Gasteiger partial charge in [-0.05, 0) is 61.4 Å². The second-order valence-electron chi connectivity index (χ2n) is 8.86. The molecule has 0 radical (unpaired) electrons. The number of fused-ring (bicyclic) bond motifs is 3. The van der Waals surface area contributed by atoms with Gasteiger partial charge < -0.3 is 14.0 Å². The number of carbonyl (C=O) groups is 2. The maximum Gasteiger partial charge on any atom is 0.312 e. The van der Waals surface area contributed by atoms with Crippen molar-refractivity contribution in [1.29, 1.82) is 0 Å². The predicted octanol–water partition coefficient (Wildman–Crippen LogP) is 4.26. The first kappa shape index (κ1) is 19.0. The number of para-hydroxylation sites is 1. The second kappa shape index (κ2) is 6.66. The molecule has 0 amide bonds. The second-order valence-corrected chi connectivity index (χ2v) is 8.86. The monoisotopic (exact) mass is 427 g/mol. The Morgan fingerprint density at radius 2 is 1.91 bits per heavy atom. The predicted molar refractivity (Wildman–Crippen MR) is 118 cm³/mol. The van der Waals surface area contributed by atoms with Gasteiger partial charge in [0.25, 0.3) is 5.56 Å². The molecule has 3 aliphatic rings. The molecule has 3 aromatic rings. The molecule has 0 fully saturated rings. The number of aromatic nitrogens is 1. The fourth-order valence-corrected chi connectivity index (χ4v) is 5.22. The summed E-state index contributed by atoms with van der Waals surface area (Å²) in [6.07, 6.45) is 1.87. The molecule has 4 heterocycles. The van der Waals surface area contributed by atoms with E-state index in [9.17, 15) is 14.4 Å². The van der Waals surface area contributed by atoms with Gasteiger partial charge in [-0.1, -0.05) is 18.2 Å². The Morgan fingerprint density at radius 1 is 1.06 bits per heavy atom. The number of pyridine rings is 1. The number of aryl methyl sites for hydroxylation is 2. The highest BCUT2D eigenvalue weighted by molar-refractivity contribution is 6.13. The number of ether oxygens (including phenoxy) is 2. The fourth-order valence-electron chi connectivity index (χ4n) is 5.22. The molecular formula is C26H21NO5. The summed E-state index contributed by atoms with van der Waals surface area (Å²) in [6, 6.07) is 11.2. The average molecular weight is 427 g/mol. The van der Waals surface area contributed by atoms with Gasteiger partial charge in [0.1, 0.15) is 11.5 Å². The van der Waals surface area contributed by atoms with Crippen molar-refractivity contribution in [3.05, 3.63) is 80.3 Å². The lowest BCUT2D eigenvalue weighted by molar-refractivity contribution is -0.135. The van der Waals surface area contributed by atoms with Gasteiger partial charge >= 0.3 is 5.97 Å². The quantitative estimate of drug-likeness (QED) is 0.330. The maximum atomic E-state index is 13.6. The Kier molecular flexibility index (Phi) is 3.97. The van der Waals surface area contributed by atoms with Crippen molar-refractivity contribution < 1.29 is 19.1 Å². The molecule has 1 aromatic heterocycles. The van der Waals surface area contributed by atoms with Crippen LogP contribution in [0.15, 0.2) is 52.5 Å². The molecule has 3 aliphatic heterocycles. The number of hydrogen-bond acceptors (Lipinski definition) is 5. The first-order chi connectivity index (χ1) is 15.4. The lowest BCUT2D eigenvalue weighted by atomic mass is 9.84. The van der Waals surface area contributed by atoms with Crippen LogP contribution >= 0.6 is 0 Å². The van der Waals surface area contributed by atoms with Crippen LogP contribution < -0.4 is 15.0 Å². The molecular weight excluding hydrogens is 406 g/mol. The van der Waals surface area contributed by atoms with E-state index in [-0.39, 0.29) is 17.8 Å². The number of ketones is 1. The number of benzene rings is 2. The average Bonchev–Trinajstić information content (AvgIpc) is 3.12. The summed E-state index contributed by atoms with van der Waals surface area (Å²) >= 11 is 0. The summed E-state index contributed by atoms with van der Waals surface area (Å²) in [4.78, 5) is 39.0. The Morgan fingerprint density at radius 3 is 2.72 bits per heavy atom. The number of rotatable bonds is 1. The molecule has 0 saturated carbocycles. The molecule has 0 unspecified atom stereocenters. The smallest absolute Gasteiger partial charge is 0.312 e. The summed E-state index contributed by atoms with van der Waals surface area (Å²) in [6.45, 7) is 4.29. The van der Waals surface area contributed by atoms with Crippen LogP contribution in [0.1, 0.15) is 59.7 Å². The van der Waals surface area contributed by atoms with Crippen molar-refractivity contribution in [2.24, 2.45) is 0 Å². The van der Waals surface area contributed by atoms with Crippen molar-refractivity contribution >= 4 is 22.7 Å². The van der Waals surface area contributed by atoms with E-state index in [1.807, 2.05) is 36.6 Å². The lowest BCUT2D eigenvalue weighted by Gasteiger charge is -2.27. The molecule has 1 atom stereocenters. The highest BCUT2D eigenvalue weighted by atomic mass is 16.5. The van der Waals surface area contributed by atoms with Crippen molar-refractivity contribution in [3.8, 4) is 11.5 Å². The van der Waals surface area contributed by atoms with E-state index in [0.29, 0.717) is 40.5 Å². The zero-order valence-electron chi connectivity index (χ0n) is 17.9. The van der Waals surface area contributed by atoms with Crippen LogP contribution in [0.2, 0.25) is 0 Å². The molecule has 2 aromatic carbocycles. The van der Waals surface area contributed by atoms with Gasteiger partial charge in [0.2, 0.25) is 5.78 Å². The van der Waals surface area contributed by atoms with Gasteiger partial charge in [0.05, 0.1) is 17.5 Å². The summed E-state index contributed by atoms with van der Waals surface area (Å²) in [5, 5.41) is 0.979. The van der Waals surface area contributed by atoms with E-state index >= 15 is 0 Å². The highest BCUT2D eigenvalue weighted by Crippen LogP contribution is 2.48. The third-order valence-electron chi connectivity index (χ3n) is 6.64. The third kappa shape index (κ3) is 2.55. The van der Waals surface area contributed by atoms with Crippen LogP contribution in [0.5, 0.6) is 11.5 Å². The Labute approximate surface area is 184 Å². The minimum atomic E-state index is -0.545. The first-order valence-corrected chi connectivity index (χ1v) is 10.9. The van der Waals surface area contributed by atoms with Gasteiger partial charge in [0.15, 0.2) is 5.76 Å². The highest BCUT2D eigenvalue weighted by Gasteiger charge is 2.40. The lowest BCUT2D eigenvalue weighted by Crippen LogP contribution is -2.31. The van der Waals surface area contributed by atoms with Crippen LogP contribution in [-0.2, 0) is 17.8 Å². The van der Waals surface area contributed by atoms with Gasteiger partial charge in [-0.2, -0.15) is 0 Å². The molecule has 6 rings (SSSR count). The van der Waals surface area contributed by atoms with E-state index in [1.54, 1.807) is 12.1 Å². The number of carbonyl (C=O) groups excluding carboxylic acids is 2. The normalized spacial score (nSPS) is 18.8. The molecule has 6 nitrogen and oxygen atoms in total. The molecule has 0 spiro atoms. The maximum absolute atomic E-state index is 13.6. The number of nitrogens with zero attached hydrogens (tertiary/aromatic N) is 1. The first-order valence-electron chi connectivity index (χ1n) is 10.9.